The fourth-order valence-corrected chi connectivity index (χ4v) is 11.7. The second-order valence-electron chi connectivity index (χ2n) is 10.4. The van der Waals surface area contributed by atoms with E-state index in [0.717, 1.165) is 0 Å². The molecule has 0 aromatic heterocycles. The van der Waals surface area contributed by atoms with E-state index in [1.807, 2.05) is 0 Å². The van der Waals surface area contributed by atoms with Gasteiger partial charge in [-0.3, -0.25) is 9.34 Å². The summed E-state index contributed by atoms with van der Waals surface area (Å²) in [6, 6.07) is 46.5. The Bertz CT molecular complexity index is 1080. The second-order valence-corrected chi connectivity index (χ2v) is 14.8. The Morgan fingerprint density at radius 3 is 0.974 bits per heavy atom. The molecule has 2 fully saturated rings. The Balaban J connectivity index is 0.00000308. The van der Waals surface area contributed by atoms with Crippen LogP contribution in [0.2, 0.25) is 0 Å². The Morgan fingerprint density at radius 2 is 0.692 bits per heavy atom. The van der Waals surface area contributed by atoms with E-state index < -0.39 is 16.1 Å². The number of nitrogens with zero attached hydrogens (tertiary/aromatic N) is 2. The van der Waals surface area contributed by atoms with Gasteiger partial charge in [0.2, 0.25) is 0 Å². The van der Waals surface area contributed by atoms with Gasteiger partial charge in [-0.1, -0.05) is 134 Å². The molecule has 5 heteroatoms. The standard InChI is InChI=1S/C34H38N2P2.Rh/c1-5-17-29(18-6-1)37(30-19-7-2-8-20-30)35-27-15-13-25-33(35)34-26-14-16-28-36(34)38(31-21-9-3-10-22-31)32-23-11-4-12-24-32;/h1-12,17-24,33-34H,13-16,25-28H2;/t33-,34-;/m0./s1. The zero-order valence-corrected chi connectivity index (χ0v) is 25.9. The number of hydrogen-bond donors (Lipinski definition) is 0. The summed E-state index contributed by atoms with van der Waals surface area (Å²) in [5.74, 6) is 0. The zero-order chi connectivity index (χ0) is 25.6. The number of hydrogen-bond acceptors (Lipinski definition) is 2. The molecule has 0 aliphatic carbocycles. The third-order valence-corrected chi connectivity index (χ3v) is 13.2. The molecular formula is C34H38N2P2Rh. The molecule has 0 amide bonds. The van der Waals surface area contributed by atoms with E-state index in [-0.39, 0.29) is 19.5 Å². The average Bonchev–Trinajstić information content (AvgIpc) is 3.00. The molecule has 0 bridgehead atoms. The van der Waals surface area contributed by atoms with Crippen molar-refractivity contribution in [2.45, 2.75) is 50.6 Å². The first-order valence-electron chi connectivity index (χ1n) is 14.2. The molecule has 1 radical (unpaired) electrons. The van der Waals surface area contributed by atoms with Crippen LogP contribution in [0, 0.1) is 0 Å². The molecule has 2 saturated heterocycles. The SMILES string of the molecule is [Rh].c1ccc(P(c2ccccc2)N2CCCC[C@H]2[C@@H]2CCCCN2P(c2ccccc2)c2ccccc2)cc1. The first kappa shape index (κ1) is 28.8. The van der Waals surface area contributed by atoms with Crippen molar-refractivity contribution >= 4 is 37.4 Å². The minimum Gasteiger partial charge on any atom is -0.270 e. The molecule has 203 valence electrons. The van der Waals surface area contributed by atoms with Crippen LogP contribution in [-0.4, -0.2) is 34.5 Å². The second kappa shape index (κ2) is 14.3. The van der Waals surface area contributed by atoms with Gasteiger partial charge in [0.1, 0.15) is 0 Å². The van der Waals surface area contributed by atoms with Crippen LogP contribution >= 0.6 is 16.1 Å². The molecule has 2 aliphatic heterocycles. The molecule has 2 aliphatic rings. The van der Waals surface area contributed by atoms with Crippen molar-refractivity contribution in [1.29, 1.82) is 0 Å². The predicted octanol–water partition coefficient (Wildman–Crippen LogP) is 6.79. The summed E-state index contributed by atoms with van der Waals surface area (Å²) in [4.78, 5) is 0. The normalized spacial score (nSPS) is 20.6. The monoisotopic (exact) mass is 639 g/mol. The summed E-state index contributed by atoms with van der Waals surface area (Å²) >= 11 is 0. The predicted molar refractivity (Wildman–Crippen MR) is 167 cm³/mol. The molecule has 0 saturated carbocycles. The van der Waals surface area contributed by atoms with E-state index in [9.17, 15) is 0 Å². The number of rotatable bonds is 7. The van der Waals surface area contributed by atoms with E-state index in [1.165, 1.54) is 72.8 Å². The fraction of sp³-hybridized carbons (Fsp3) is 0.294. The molecule has 6 rings (SSSR count). The van der Waals surface area contributed by atoms with Gasteiger partial charge in [-0.15, -0.1) is 0 Å². The van der Waals surface area contributed by atoms with Crippen LogP contribution in [0.1, 0.15) is 38.5 Å². The molecule has 2 nitrogen and oxygen atoms in total. The summed E-state index contributed by atoms with van der Waals surface area (Å²) in [6.07, 6.45) is 7.88. The fourth-order valence-electron chi connectivity index (χ4n) is 6.33. The molecule has 0 unspecified atom stereocenters. The van der Waals surface area contributed by atoms with Crippen molar-refractivity contribution in [3.63, 3.8) is 0 Å². The van der Waals surface area contributed by atoms with Gasteiger partial charge in [0, 0.05) is 60.8 Å². The van der Waals surface area contributed by atoms with Crippen LogP contribution in [0.25, 0.3) is 0 Å². The maximum absolute atomic E-state index is 2.95. The van der Waals surface area contributed by atoms with Gasteiger partial charge in [0.15, 0.2) is 0 Å². The third-order valence-electron chi connectivity index (χ3n) is 8.00. The minimum absolute atomic E-state index is 0. The largest absolute Gasteiger partial charge is 0.270 e. The maximum Gasteiger partial charge on any atom is 0.0299 e. The molecular weight excluding hydrogens is 601 g/mol. The Labute approximate surface area is 250 Å². The number of benzene rings is 4. The summed E-state index contributed by atoms with van der Waals surface area (Å²) in [5.41, 5.74) is 0. The molecule has 2 heterocycles. The topological polar surface area (TPSA) is 6.48 Å². The van der Waals surface area contributed by atoms with Crippen molar-refractivity contribution in [3.8, 4) is 0 Å². The van der Waals surface area contributed by atoms with E-state index in [1.54, 1.807) is 0 Å². The molecule has 4 aromatic rings. The van der Waals surface area contributed by atoms with Gasteiger partial charge in [-0.2, -0.15) is 0 Å². The maximum atomic E-state index is 2.95. The van der Waals surface area contributed by atoms with Crippen molar-refractivity contribution in [2.24, 2.45) is 0 Å². The van der Waals surface area contributed by atoms with Gasteiger partial charge in [0.05, 0.1) is 0 Å². The van der Waals surface area contributed by atoms with Gasteiger partial charge < -0.3 is 0 Å². The average molecular weight is 640 g/mol. The van der Waals surface area contributed by atoms with Crippen molar-refractivity contribution in [3.05, 3.63) is 121 Å². The zero-order valence-electron chi connectivity index (χ0n) is 22.5. The van der Waals surface area contributed by atoms with Gasteiger partial charge in [-0.05, 0) is 46.9 Å². The Morgan fingerprint density at radius 1 is 0.410 bits per heavy atom. The molecule has 0 spiro atoms. The summed E-state index contributed by atoms with van der Waals surface area (Å²) in [5, 5.41) is 5.93. The van der Waals surface area contributed by atoms with Crippen LogP contribution in [-0.2, 0) is 19.5 Å². The Hall–Kier alpha value is -1.72. The minimum atomic E-state index is -0.566. The molecule has 39 heavy (non-hydrogen) atoms. The van der Waals surface area contributed by atoms with Crippen molar-refractivity contribution in [2.75, 3.05) is 13.1 Å². The van der Waals surface area contributed by atoms with Gasteiger partial charge in [0.25, 0.3) is 0 Å². The molecule has 2 atom stereocenters. The third kappa shape index (κ3) is 6.62. The van der Waals surface area contributed by atoms with E-state index in [0.29, 0.717) is 12.1 Å². The van der Waals surface area contributed by atoms with Crippen LogP contribution in [0.4, 0.5) is 0 Å². The first-order chi connectivity index (χ1) is 18.9. The van der Waals surface area contributed by atoms with E-state index in [4.69, 9.17) is 0 Å². The van der Waals surface area contributed by atoms with Gasteiger partial charge in [-0.25, -0.2) is 0 Å². The van der Waals surface area contributed by atoms with E-state index >= 15 is 0 Å². The quantitative estimate of drug-likeness (QED) is 0.162. The summed E-state index contributed by atoms with van der Waals surface area (Å²) < 4.78 is 5.91. The summed E-state index contributed by atoms with van der Waals surface area (Å²) in [7, 11) is -1.13. The van der Waals surface area contributed by atoms with Crippen LogP contribution in [0.5, 0.6) is 0 Å². The number of piperidine rings is 2. The van der Waals surface area contributed by atoms with Crippen molar-refractivity contribution < 1.29 is 19.5 Å². The van der Waals surface area contributed by atoms with Crippen molar-refractivity contribution in [1.82, 2.24) is 9.34 Å². The van der Waals surface area contributed by atoms with E-state index in [2.05, 4.69) is 131 Å². The first-order valence-corrected chi connectivity index (χ1v) is 16.8. The smallest absolute Gasteiger partial charge is 0.0299 e. The summed E-state index contributed by atoms with van der Waals surface area (Å²) in [6.45, 7) is 2.39. The Kier molecular flexibility index (Phi) is 10.5. The van der Waals surface area contributed by atoms with Crippen LogP contribution in [0.3, 0.4) is 0 Å². The van der Waals surface area contributed by atoms with Crippen LogP contribution < -0.4 is 21.2 Å². The van der Waals surface area contributed by atoms with Gasteiger partial charge >= 0.3 is 0 Å². The van der Waals surface area contributed by atoms with Crippen LogP contribution in [0.15, 0.2) is 121 Å². The molecule has 0 N–H and O–H groups in total. The molecule has 4 aromatic carbocycles.